The van der Waals surface area contributed by atoms with Gasteiger partial charge in [-0.05, 0) is 164 Å². The summed E-state index contributed by atoms with van der Waals surface area (Å²) in [6.07, 6.45) is 0. The number of rotatable bonds is 11. The highest BCUT2D eigenvalue weighted by atomic mass is 16.3. The molecular formula is C110H64N10O2. The van der Waals surface area contributed by atoms with Gasteiger partial charge in [0.2, 0.25) is 11.9 Å². The molecule has 12 heteroatoms. The van der Waals surface area contributed by atoms with Crippen LogP contribution in [0.2, 0.25) is 0 Å². The van der Waals surface area contributed by atoms with Crippen molar-refractivity contribution in [3.63, 3.8) is 0 Å². The van der Waals surface area contributed by atoms with Gasteiger partial charge in [0.05, 0.1) is 66.6 Å². The molecule has 26 aromatic rings. The molecule has 0 aliphatic heterocycles. The van der Waals surface area contributed by atoms with Crippen LogP contribution in [-0.4, -0.2) is 48.2 Å². The van der Waals surface area contributed by atoms with Gasteiger partial charge in [-0.25, -0.2) is 9.97 Å². The summed E-state index contributed by atoms with van der Waals surface area (Å²) >= 11 is 0. The lowest BCUT2D eigenvalue weighted by atomic mass is 9.98. The Morgan fingerprint density at radius 2 is 0.492 bits per heavy atom. The normalized spacial score (nSPS) is 12.1. The van der Waals surface area contributed by atoms with E-state index in [1.165, 1.54) is 10.8 Å². The Balaban J connectivity index is 0.622. The van der Waals surface area contributed by atoms with E-state index in [0.29, 0.717) is 46.4 Å². The fourth-order valence-electron chi connectivity index (χ4n) is 19.2. The van der Waals surface area contributed by atoms with Gasteiger partial charge in [-0.15, -0.1) is 0 Å². The van der Waals surface area contributed by atoms with Crippen LogP contribution in [0.25, 0.3) is 255 Å². The van der Waals surface area contributed by atoms with E-state index in [-0.39, 0.29) is 0 Å². The Bertz CT molecular complexity index is 8810. The first-order chi connectivity index (χ1) is 60.5. The van der Waals surface area contributed by atoms with Crippen molar-refractivity contribution in [2.45, 2.75) is 0 Å². The number of fused-ring (bicyclic) bond motifs is 20. The molecular weight excluding hydrogens is 1490 g/mol. The highest BCUT2D eigenvalue weighted by Crippen LogP contribution is 2.48. The first kappa shape index (κ1) is 67.5. The van der Waals surface area contributed by atoms with Gasteiger partial charge < -0.3 is 18.0 Å². The van der Waals surface area contributed by atoms with Gasteiger partial charge >= 0.3 is 0 Å². The van der Waals surface area contributed by atoms with Crippen LogP contribution in [0.5, 0.6) is 0 Å². The minimum Gasteiger partial charge on any atom is -0.455 e. The molecule has 8 aromatic heterocycles. The van der Waals surface area contributed by atoms with Gasteiger partial charge in [0.1, 0.15) is 22.3 Å². The van der Waals surface area contributed by atoms with Crippen molar-refractivity contribution in [2.24, 2.45) is 0 Å². The number of hydrogen-bond donors (Lipinski definition) is 0. The second kappa shape index (κ2) is 26.4. The maximum Gasteiger partial charge on any atom is 0.238 e. The molecule has 0 atom stereocenters. The first-order valence-electron chi connectivity index (χ1n) is 41.1. The van der Waals surface area contributed by atoms with E-state index >= 15 is 0 Å². The molecule has 8 heterocycles. The quantitative estimate of drug-likeness (QED) is 0.125. The van der Waals surface area contributed by atoms with Crippen molar-refractivity contribution in [1.82, 2.24) is 48.2 Å². The summed E-state index contributed by atoms with van der Waals surface area (Å²) in [5, 5.41) is 17.4. The van der Waals surface area contributed by atoms with E-state index in [2.05, 4.69) is 388 Å². The van der Waals surface area contributed by atoms with Crippen molar-refractivity contribution in [3.05, 3.63) is 388 Å². The molecule has 0 bridgehead atoms. The minimum atomic E-state index is 0.463. The van der Waals surface area contributed by atoms with E-state index in [9.17, 15) is 0 Å². The summed E-state index contributed by atoms with van der Waals surface area (Å²) in [5.74, 6) is 2.94. The summed E-state index contributed by atoms with van der Waals surface area (Å²) in [6, 6.07) is 138. The third-order valence-corrected chi connectivity index (χ3v) is 24.9. The monoisotopic (exact) mass is 1560 g/mol. The molecule has 0 N–H and O–H groups in total. The fourth-order valence-corrected chi connectivity index (χ4v) is 19.2. The van der Waals surface area contributed by atoms with Gasteiger partial charge in [0.15, 0.2) is 23.3 Å². The number of nitrogens with zero attached hydrogens (tertiary/aromatic N) is 10. The zero-order valence-electron chi connectivity index (χ0n) is 65.2. The molecule has 12 nitrogen and oxygen atoms in total. The smallest absolute Gasteiger partial charge is 0.238 e. The van der Waals surface area contributed by atoms with Gasteiger partial charge in [-0.2, -0.15) is 19.9 Å². The third kappa shape index (κ3) is 10.3. The molecule has 0 aliphatic rings. The molecule has 26 rings (SSSR count). The van der Waals surface area contributed by atoms with Gasteiger partial charge in [0, 0.05) is 75.8 Å². The molecule has 0 spiro atoms. The first-order valence-corrected chi connectivity index (χ1v) is 41.1. The molecule has 0 radical (unpaired) electrons. The van der Waals surface area contributed by atoms with Crippen molar-refractivity contribution in [2.75, 3.05) is 0 Å². The molecule has 0 unspecified atom stereocenters. The number of aromatic nitrogens is 10. The standard InChI is InChI=1S/C110H64N10O2/c1-2-23-65(24-3-1)70-29-22-30-76(59-70)106-112-108(116-110(114-106)120-93-42-19-10-33-79(93)80-34-11-20-43-94(80)120)102-96(118-90-39-16-13-36-82(90)88-61-72-26-5-7-28-74(72)63-98(88)118)58-56-86-84-54-53-75(64-100(84)122-104(86)102)68-47-45-66(46-48-68)67-49-51-69(52-50-67)105-111-107(115-109(113-105)119-91-40-17-8-31-77(91)78-32-9-18-41-92(78)119)101-95(57-55-85-83-37-14-21-44-99(83)121-103(85)101)117-89-38-15-12-35-81(89)87-60-71-25-4-6-27-73(71)62-97(87)117/h1-64H. The Morgan fingerprint density at radius 3 is 0.975 bits per heavy atom. The summed E-state index contributed by atoms with van der Waals surface area (Å²) in [6.45, 7) is 0. The van der Waals surface area contributed by atoms with Crippen LogP contribution in [0.1, 0.15) is 0 Å². The Hall–Kier alpha value is -16.7. The second-order valence-corrected chi connectivity index (χ2v) is 31.6. The van der Waals surface area contributed by atoms with Crippen LogP contribution in [-0.2, 0) is 0 Å². The molecule has 0 aliphatic carbocycles. The molecule has 0 saturated heterocycles. The summed E-state index contributed by atoms with van der Waals surface area (Å²) in [7, 11) is 0. The van der Waals surface area contributed by atoms with Crippen molar-refractivity contribution in [1.29, 1.82) is 0 Å². The van der Waals surface area contributed by atoms with Crippen LogP contribution in [0.4, 0.5) is 0 Å². The predicted molar refractivity (Wildman–Crippen MR) is 498 cm³/mol. The van der Waals surface area contributed by atoms with Crippen molar-refractivity contribution < 1.29 is 8.83 Å². The van der Waals surface area contributed by atoms with Crippen LogP contribution >= 0.6 is 0 Å². The zero-order chi connectivity index (χ0) is 79.8. The van der Waals surface area contributed by atoms with E-state index in [1.54, 1.807) is 0 Å². The topological polar surface area (TPSA) is 123 Å². The lowest BCUT2D eigenvalue weighted by Crippen LogP contribution is -2.08. The van der Waals surface area contributed by atoms with E-state index in [1.807, 2.05) is 18.2 Å². The Labute approximate surface area is 695 Å². The van der Waals surface area contributed by atoms with Crippen LogP contribution in [0, 0.1) is 0 Å². The van der Waals surface area contributed by atoms with Crippen LogP contribution in [0.15, 0.2) is 397 Å². The van der Waals surface area contributed by atoms with Crippen molar-refractivity contribution in [3.8, 4) is 102 Å². The maximum absolute atomic E-state index is 7.52. The summed E-state index contributed by atoms with van der Waals surface area (Å²) in [4.78, 5) is 33.7. The number of furan rings is 2. The van der Waals surface area contributed by atoms with Gasteiger partial charge in [-0.3, -0.25) is 9.13 Å². The average molecular weight is 1560 g/mol. The Morgan fingerprint density at radius 1 is 0.172 bits per heavy atom. The van der Waals surface area contributed by atoms with E-state index in [0.717, 1.165) is 198 Å². The minimum absolute atomic E-state index is 0.463. The predicted octanol–water partition coefficient (Wildman–Crippen LogP) is 28.2. The van der Waals surface area contributed by atoms with Gasteiger partial charge in [-0.1, -0.05) is 279 Å². The lowest BCUT2D eigenvalue weighted by Gasteiger charge is -2.16. The Kier molecular flexibility index (Phi) is 14.6. The SMILES string of the molecule is c1ccc(-c2cccc(-c3nc(-c4c(-n5c6ccccc6c6cc7ccccc7cc65)ccc5c4oc4cc(-c6ccc(-c7ccc(-c8nc(-c9c(-n%10c%11ccccc%11c%11cc%12ccccc%12cc%11%10)ccc%10c9oc9ccccc9%10)nc(-n9c%10ccccc%10c%10ccccc%109)n8)cc7)cc6)ccc45)nc(-n4c5ccccc5c5ccccc54)n3)c2)cc1. The molecule has 122 heavy (non-hydrogen) atoms. The van der Waals surface area contributed by atoms with Crippen LogP contribution in [0.3, 0.4) is 0 Å². The average Bonchev–Trinajstić information content (AvgIpc) is 1.55. The number of hydrogen-bond acceptors (Lipinski definition) is 8. The largest absolute Gasteiger partial charge is 0.455 e. The summed E-state index contributed by atoms with van der Waals surface area (Å²) in [5.41, 5.74) is 22.1. The van der Waals surface area contributed by atoms with Crippen molar-refractivity contribution >= 4 is 153 Å². The lowest BCUT2D eigenvalue weighted by molar-refractivity contribution is 0.669. The number of benzene rings is 18. The molecule has 566 valence electrons. The molecule has 18 aromatic carbocycles. The van der Waals surface area contributed by atoms with Crippen LogP contribution < -0.4 is 0 Å². The highest BCUT2D eigenvalue weighted by Gasteiger charge is 2.30. The highest BCUT2D eigenvalue weighted by molar-refractivity contribution is 6.19. The zero-order valence-corrected chi connectivity index (χ0v) is 65.2. The molecule has 0 saturated carbocycles. The number of para-hydroxylation sites is 7. The summed E-state index contributed by atoms with van der Waals surface area (Å²) < 4.78 is 23.7. The van der Waals surface area contributed by atoms with Gasteiger partial charge in [0.25, 0.3) is 0 Å². The third-order valence-electron chi connectivity index (χ3n) is 24.9. The van der Waals surface area contributed by atoms with E-state index < -0.39 is 0 Å². The fraction of sp³-hybridized carbons (Fsp3) is 0. The second-order valence-electron chi connectivity index (χ2n) is 31.6. The molecule has 0 fully saturated rings. The maximum atomic E-state index is 7.52. The molecule has 0 amide bonds. The van der Waals surface area contributed by atoms with E-state index in [4.69, 9.17) is 38.7 Å².